The fourth-order valence-electron chi connectivity index (χ4n) is 1.09. The summed E-state index contributed by atoms with van der Waals surface area (Å²) >= 11 is 0. The lowest BCUT2D eigenvalue weighted by Gasteiger charge is -2.22. The fourth-order valence-corrected chi connectivity index (χ4v) is 1.28. The summed E-state index contributed by atoms with van der Waals surface area (Å²) in [5, 5.41) is 0. The Kier molecular flexibility index (Phi) is 9.03. The third-order valence-corrected chi connectivity index (χ3v) is 2.78. The maximum atomic E-state index is 11.6. The van der Waals surface area contributed by atoms with Gasteiger partial charge in [0.05, 0.1) is 6.61 Å². The van der Waals surface area contributed by atoms with Crippen LogP contribution in [0.15, 0.2) is 0 Å². The van der Waals surface area contributed by atoms with Crippen LogP contribution in [0, 0.1) is 5.92 Å². The number of likely N-dealkylation sites (N-methyl/N-ethyl adjacent to an activating group) is 2. The first-order chi connectivity index (χ1) is 10.0. The second-order valence-electron chi connectivity index (χ2n) is 4.96. The summed E-state index contributed by atoms with van der Waals surface area (Å²) in [4.78, 5) is 42.3. The van der Waals surface area contributed by atoms with Gasteiger partial charge in [-0.2, -0.15) is 0 Å². The molecule has 22 heavy (non-hydrogen) atoms. The molecule has 0 radical (unpaired) electrons. The van der Waals surface area contributed by atoms with Crippen molar-refractivity contribution in [1.82, 2.24) is 9.80 Å². The molecule has 0 atom stereocenters. The van der Waals surface area contributed by atoms with Crippen LogP contribution in [-0.2, 0) is 18.6 Å². The quantitative estimate of drug-likeness (QED) is 0.491. The van der Waals surface area contributed by atoms with Gasteiger partial charge in [-0.1, -0.05) is 13.8 Å². The highest BCUT2D eigenvalue weighted by atomic mass is 31.2. The van der Waals surface area contributed by atoms with E-state index in [4.69, 9.17) is 14.5 Å². The van der Waals surface area contributed by atoms with Crippen LogP contribution in [-0.4, -0.2) is 72.4 Å². The predicted molar refractivity (Wildman–Crippen MR) is 75.9 cm³/mol. The lowest BCUT2D eigenvalue weighted by Crippen LogP contribution is -2.38. The van der Waals surface area contributed by atoms with Crippen LogP contribution in [0.3, 0.4) is 0 Å². The number of ether oxygens (including phenoxy) is 2. The van der Waals surface area contributed by atoms with E-state index in [1.807, 2.05) is 13.8 Å². The van der Waals surface area contributed by atoms with Crippen molar-refractivity contribution < 1.29 is 37.9 Å². The van der Waals surface area contributed by atoms with Crippen molar-refractivity contribution in [2.75, 3.05) is 40.6 Å². The smallest absolute Gasteiger partial charge is 0.449 e. The largest absolute Gasteiger partial charge is 0.472 e. The Bertz CT molecular complexity index is 411. The van der Waals surface area contributed by atoms with Crippen LogP contribution < -0.4 is 0 Å². The molecule has 0 aliphatic heterocycles. The van der Waals surface area contributed by atoms with Gasteiger partial charge in [0.2, 0.25) is 6.79 Å². The molecule has 130 valence electrons. The molecule has 0 unspecified atom stereocenters. The molecule has 0 aromatic heterocycles. The van der Waals surface area contributed by atoms with Gasteiger partial charge >= 0.3 is 20.0 Å². The summed E-state index contributed by atoms with van der Waals surface area (Å²) in [7, 11) is -1.74. The Morgan fingerprint density at radius 2 is 1.50 bits per heavy atom. The highest BCUT2D eigenvalue weighted by Gasteiger charge is 2.18. The monoisotopic (exact) mass is 342 g/mol. The molecule has 0 aliphatic carbocycles. The zero-order valence-electron chi connectivity index (χ0n) is 13.1. The van der Waals surface area contributed by atoms with Crippen molar-refractivity contribution in [3.63, 3.8) is 0 Å². The Morgan fingerprint density at radius 3 is 1.91 bits per heavy atom. The molecule has 0 fully saturated rings. The fraction of sp³-hybridized carbons (Fsp3) is 0.818. The maximum absolute atomic E-state index is 11.6. The van der Waals surface area contributed by atoms with E-state index in [9.17, 15) is 14.2 Å². The van der Waals surface area contributed by atoms with Crippen LogP contribution in [0.2, 0.25) is 0 Å². The molecular weight excluding hydrogens is 319 g/mol. The molecular formula is C11H23N2O8P. The second kappa shape index (κ2) is 9.62. The first kappa shape index (κ1) is 20.6. The molecule has 0 heterocycles. The zero-order chi connectivity index (χ0) is 17.3. The third kappa shape index (κ3) is 10.4. The maximum Gasteiger partial charge on any atom is 0.472 e. The molecule has 11 heteroatoms. The van der Waals surface area contributed by atoms with Gasteiger partial charge in [-0.05, 0) is 5.92 Å². The summed E-state index contributed by atoms with van der Waals surface area (Å²) in [5.74, 6) is 0.226. The molecule has 2 N–H and O–H groups in total. The van der Waals surface area contributed by atoms with Crippen LogP contribution in [0.4, 0.5) is 9.59 Å². The van der Waals surface area contributed by atoms with Gasteiger partial charge in [-0.25, -0.2) is 18.7 Å². The zero-order valence-corrected chi connectivity index (χ0v) is 14.0. The standard InChI is InChI=1S/C11H23N2O8P/c1-9(2)7-19-10(14)12(3)5-6-13(4)11(15)20-8-21-22(16,17)18/h9H,5-8H2,1-4H3,(H2,16,17,18). The van der Waals surface area contributed by atoms with E-state index in [1.165, 1.54) is 19.0 Å². The average Bonchev–Trinajstić information content (AvgIpc) is 2.39. The van der Waals surface area contributed by atoms with Crippen LogP contribution >= 0.6 is 7.82 Å². The normalized spacial score (nSPS) is 11.2. The van der Waals surface area contributed by atoms with Crippen molar-refractivity contribution in [2.24, 2.45) is 5.92 Å². The minimum atomic E-state index is -4.68. The van der Waals surface area contributed by atoms with E-state index < -0.39 is 26.8 Å². The molecule has 0 rings (SSSR count). The van der Waals surface area contributed by atoms with Crippen molar-refractivity contribution in [1.29, 1.82) is 0 Å². The number of hydrogen-bond donors (Lipinski definition) is 2. The number of phosphoric acid groups is 1. The molecule has 0 bridgehead atoms. The molecule has 10 nitrogen and oxygen atoms in total. The molecule has 0 aliphatic rings. The summed E-state index contributed by atoms with van der Waals surface area (Å²) < 4.78 is 23.9. The molecule has 2 amide bonds. The number of carbonyl (C=O) groups excluding carboxylic acids is 2. The molecule has 0 aromatic carbocycles. The average molecular weight is 342 g/mol. The SMILES string of the molecule is CC(C)COC(=O)N(C)CCN(C)C(=O)OCOP(=O)(O)O. The second-order valence-corrected chi connectivity index (χ2v) is 6.20. The van der Waals surface area contributed by atoms with E-state index in [-0.39, 0.29) is 19.0 Å². The highest BCUT2D eigenvalue weighted by molar-refractivity contribution is 7.46. The van der Waals surface area contributed by atoms with Gasteiger partial charge in [0.1, 0.15) is 0 Å². The predicted octanol–water partition coefficient (Wildman–Crippen LogP) is 0.846. The minimum Gasteiger partial charge on any atom is -0.449 e. The lowest BCUT2D eigenvalue weighted by molar-refractivity contribution is 0.0226. The van der Waals surface area contributed by atoms with Gasteiger partial charge in [-0.3, -0.25) is 0 Å². The number of amides is 2. The highest BCUT2D eigenvalue weighted by Crippen LogP contribution is 2.35. The number of hydrogen-bond acceptors (Lipinski definition) is 6. The van der Waals surface area contributed by atoms with E-state index in [0.29, 0.717) is 6.61 Å². The van der Waals surface area contributed by atoms with Crippen LogP contribution in [0.1, 0.15) is 13.8 Å². The van der Waals surface area contributed by atoms with Gasteiger partial charge in [-0.15, -0.1) is 0 Å². The summed E-state index contributed by atoms with van der Waals surface area (Å²) in [6.45, 7) is 3.64. The Morgan fingerprint density at radius 1 is 1.05 bits per heavy atom. The topological polar surface area (TPSA) is 126 Å². The number of nitrogens with zero attached hydrogens (tertiary/aromatic N) is 2. The van der Waals surface area contributed by atoms with Crippen molar-refractivity contribution >= 4 is 20.0 Å². The van der Waals surface area contributed by atoms with E-state index in [2.05, 4.69) is 9.26 Å². The molecule has 0 spiro atoms. The third-order valence-electron chi connectivity index (χ3n) is 2.34. The van der Waals surface area contributed by atoms with Gasteiger partial charge in [0.25, 0.3) is 0 Å². The molecule has 0 saturated heterocycles. The van der Waals surface area contributed by atoms with Crippen molar-refractivity contribution in [2.45, 2.75) is 13.8 Å². The number of carbonyl (C=O) groups is 2. The Hall–Kier alpha value is -1.35. The van der Waals surface area contributed by atoms with Gasteiger partial charge in [0, 0.05) is 27.2 Å². The van der Waals surface area contributed by atoms with E-state index in [1.54, 1.807) is 0 Å². The van der Waals surface area contributed by atoms with Crippen LogP contribution in [0.5, 0.6) is 0 Å². The van der Waals surface area contributed by atoms with Crippen molar-refractivity contribution in [3.05, 3.63) is 0 Å². The first-order valence-corrected chi connectivity index (χ1v) is 8.02. The number of phosphoric ester groups is 1. The lowest BCUT2D eigenvalue weighted by atomic mass is 10.2. The molecule has 0 saturated carbocycles. The number of rotatable bonds is 8. The summed E-state index contributed by atoms with van der Waals surface area (Å²) in [6.07, 6.45) is -1.34. The van der Waals surface area contributed by atoms with Crippen LogP contribution in [0.25, 0.3) is 0 Å². The summed E-state index contributed by atoms with van der Waals surface area (Å²) in [6, 6.07) is 0. The Balaban J connectivity index is 4.00. The van der Waals surface area contributed by atoms with Gasteiger partial charge < -0.3 is 29.1 Å². The van der Waals surface area contributed by atoms with Gasteiger partial charge in [0.15, 0.2) is 0 Å². The van der Waals surface area contributed by atoms with E-state index >= 15 is 0 Å². The molecule has 0 aromatic rings. The minimum absolute atomic E-state index is 0.155. The summed E-state index contributed by atoms with van der Waals surface area (Å²) in [5.41, 5.74) is 0. The first-order valence-electron chi connectivity index (χ1n) is 6.48. The Labute approximate surface area is 129 Å². The van der Waals surface area contributed by atoms with E-state index in [0.717, 1.165) is 4.90 Å². The van der Waals surface area contributed by atoms with Crippen molar-refractivity contribution in [3.8, 4) is 0 Å².